The lowest BCUT2D eigenvalue weighted by molar-refractivity contribution is -0.592. The predicted octanol–water partition coefficient (Wildman–Crippen LogP) is 3.30. The van der Waals surface area contributed by atoms with Gasteiger partial charge in [0.2, 0.25) is 17.8 Å². The molecule has 3 N–H and O–H groups in total. The quantitative estimate of drug-likeness (QED) is 0.334. The number of fused-ring (bicyclic) bond motifs is 1. The normalized spacial score (nSPS) is 14.2. The highest BCUT2D eigenvalue weighted by molar-refractivity contribution is 5.93. The first-order valence-corrected chi connectivity index (χ1v) is 11.6. The number of primary amides is 1. The predicted molar refractivity (Wildman–Crippen MR) is 137 cm³/mol. The van der Waals surface area contributed by atoms with E-state index >= 15 is 0 Å². The highest BCUT2D eigenvalue weighted by Gasteiger charge is 2.20. The molecular weight excluding hydrogens is 440 g/mol. The van der Waals surface area contributed by atoms with Crippen LogP contribution in [0.25, 0.3) is 27.9 Å². The van der Waals surface area contributed by atoms with Crippen molar-refractivity contribution < 1.29 is 9.52 Å². The van der Waals surface area contributed by atoms with E-state index in [0.717, 1.165) is 64.3 Å². The van der Waals surface area contributed by atoms with Crippen molar-refractivity contribution in [1.29, 1.82) is 0 Å². The van der Waals surface area contributed by atoms with E-state index in [9.17, 15) is 10.0 Å². The smallest absolute Gasteiger partial charge is 0.248 e. The highest BCUT2D eigenvalue weighted by Crippen LogP contribution is 2.29. The lowest BCUT2D eigenvalue weighted by atomic mass is 9.98. The van der Waals surface area contributed by atoms with Crippen LogP contribution in [-0.4, -0.2) is 40.5 Å². The molecule has 0 saturated heterocycles. The van der Waals surface area contributed by atoms with Gasteiger partial charge in [0, 0.05) is 62.6 Å². The number of carbonyl (C=O) groups excluding carboxylic acids is 1. The molecular formula is C27H28N6O2. The monoisotopic (exact) mass is 468 g/mol. The maximum Gasteiger partial charge on any atom is 0.248 e. The van der Waals surface area contributed by atoms with Crippen molar-refractivity contribution in [1.82, 2.24) is 14.5 Å². The Hall–Kier alpha value is -4.17. The Labute approximate surface area is 203 Å². The number of nitrogens with two attached hydrogens (primary N) is 1. The van der Waals surface area contributed by atoms with Gasteiger partial charge in [-0.05, 0) is 47.9 Å². The molecule has 8 heteroatoms. The van der Waals surface area contributed by atoms with E-state index in [2.05, 4.69) is 31.9 Å². The van der Waals surface area contributed by atoms with Crippen molar-refractivity contribution in [2.24, 2.45) is 12.8 Å². The van der Waals surface area contributed by atoms with Crippen molar-refractivity contribution in [3.05, 3.63) is 89.0 Å². The number of pyridine rings is 2. The molecule has 178 valence electrons. The maximum atomic E-state index is 12.7. The van der Waals surface area contributed by atoms with Gasteiger partial charge in [-0.25, -0.2) is 4.98 Å². The van der Waals surface area contributed by atoms with Gasteiger partial charge < -0.3 is 20.8 Å². The average Bonchev–Trinajstić information content (AvgIpc) is 3.20. The van der Waals surface area contributed by atoms with E-state index in [1.54, 1.807) is 31.6 Å². The second-order valence-electron chi connectivity index (χ2n) is 8.83. The minimum absolute atomic E-state index is 0.409. The molecule has 1 aromatic carbocycles. The fourth-order valence-corrected chi connectivity index (χ4v) is 4.68. The topological polar surface area (TPSA) is 103 Å². The first-order chi connectivity index (χ1) is 16.9. The Morgan fingerprint density at radius 1 is 1.20 bits per heavy atom. The molecule has 0 saturated carbocycles. The number of benzene rings is 1. The van der Waals surface area contributed by atoms with Gasteiger partial charge in [-0.1, -0.05) is 18.2 Å². The number of carbonyl (C=O) groups is 1. The molecule has 3 aromatic heterocycles. The summed E-state index contributed by atoms with van der Waals surface area (Å²) in [5.41, 5.74) is 12.5. The fraction of sp³-hybridized carbons (Fsp3) is 0.222. The molecule has 1 amide bonds. The fourth-order valence-electron chi connectivity index (χ4n) is 4.68. The number of amides is 1. The summed E-state index contributed by atoms with van der Waals surface area (Å²) in [5, 5.41) is 16.6. The lowest BCUT2D eigenvalue weighted by Crippen LogP contribution is -2.29. The molecule has 35 heavy (non-hydrogen) atoms. The van der Waals surface area contributed by atoms with Crippen LogP contribution in [0.5, 0.6) is 0 Å². The van der Waals surface area contributed by atoms with E-state index in [1.165, 1.54) is 5.57 Å². The number of nitrogens with one attached hydrogen (secondary N) is 1. The molecule has 1 aliphatic rings. The van der Waals surface area contributed by atoms with Crippen molar-refractivity contribution in [2.75, 3.05) is 25.5 Å². The van der Waals surface area contributed by atoms with Crippen LogP contribution in [0, 0.1) is 5.21 Å². The van der Waals surface area contributed by atoms with E-state index < -0.39 is 5.91 Å². The summed E-state index contributed by atoms with van der Waals surface area (Å²) in [6.45, 7) is 2.55. The highest BCUT2D eigenvalue weighted by atomic mass is 16.5. The van der Waals surface area contributed by atoms with Gasteiger partial charge in [0.05, 0.1) is 5.56 Å². The summed E-state index contributed by atoms with van der Waals surface area (Å²) >= 11 is 0. The lowest BCUT2D eigenvalue weighted by Gasteiger charge is -2.26. The molecule has 4 heterocycles. The van der Waals surface area contributed by atoms with Crippen LogP contribution in [-0.2, 0) is 13.6 Å². The Morgan fingerprint density at radius 3 is 2.66 bits per heavy atom. The summed E-state index contributed by atoms with van der Waals surface area (Å²) in [6.07, 6.45) is 6.48. The van der Waals surface area contributed by atoms with E-state index in [1.807, 2.05) is 37.4 Å². The van der Waals surface area contributed by atoms with Crippen molar-refractivity contribution in [2.45, 2.75) is 13.0 Å². The van der Waals surface area contributed by atoms with E-state index in [-0.39, 0.29) is 0 Å². The third kappa shape index (κ3) is 4.36. The number of aromatic nitrogens is 3. The van der Waals surface area contributed by atoms with Crippen LogP contribution in [0.1, 0.15) is 28.0 Å². The Bertz CT molecular complexity index is 1440. The first-order valence-electron chi connectivity index (χ1n) is 11.6. The van der Waals surface area contributed by atoms with Crippen LogP contribution >= 0.6 is 0 Å². The van der Waals surface area contributed by atoms with Crippen LogP contribution in [0.15, 0.2) is 67.0 Å². The van der Waals surface area contributed by atoms with Crippen molar-refractivity contribution >= 4 is 28.2 Å². The van der Waals surface area contributed by atoms with E-state index in [0.29, 0.717) is 11.3 Å². The van der Waals surface area contributed by atoms with Gasteiger partial charge in [-0.3, -0.25) is 9.69 Å². The zero-order chi connectivity index (χ0) is 24.5. The second kappa shape index (κ2) is 9.23. The maximum absolute atomic E-state index is 12.7. The summed E-state index contributed by atoms with van der Waals surface area (Å²) in [4.78, 5) is 18.3. The zero-order valence-electron chi connectivity index (χ0n) is 19.9. The number of hydrogen-bond acceptors (Lipinski definition) is 5. The minimum atomic E-state index is -0.409. The molecule has 0 unspecified atom stereocenters. The van der Waals surface area contributed by atoms with Gasteiger partial charge in [0.15, 0.2) is 0 Å². The van der Waals surface area contributed by atoms with Gasteiger partial charge in [0.1, 0.15) is 11.3 Å². The van der Waals surface area contributed by atoms with Crippen LogP contribution < -0.4 is 15.8 Å². The zero-order valence-corrected chi connectivity index (χ0v) is 19.9. The largest absolute Gasteiger partial charge is 0.618 e. The van der Waals surface area contributed by atoms with E-state index in [4.69, 9.17) is 5.73 Å². The Morgan fingerprint density at radius 2 is 2.00 bits per heavy atom. The summed E-state index contributed by atoms with van der Waals surface area (Å²) in [7, 11) is 3.82. The molecule has 0 radical (unpaired) electrons. The summed E-state index contributed by atoms with van der Waals surface area (Å²) < 4.78 is 3.01. The number of hydrogen-bond donors (Lipinski definition) is 2. The second-order valence-corrected chi connectivity index (χ2v) is 8.83. The number of nitrogens with zero attached hydrogens (tertiary/aromatic N) is 4. The first kappa shape index (κ1) is 22.6. The molecule has 0 spiro atoms. The number of anilines is 1. The van der Waals surface area contributed by atoms with Gasteiger partial charge in [-0.2, -0.15) is 4.73 Å². The van der Waals surface area contributed by atoms with Crippen molar-refractivity contribution in [3.63, 3.8) is 0 Å². The number of rotatable bonds is 6. The molecule has 0 fully saturated rings. The standard InChI is InChI=1S/C27H28N6O2/c1-29-21-7-8-25(33(35)16-21)23-9-12-30-27-24(23)15-22(31(27)2)17-32-13-10-19(11-14-32)18-3-5-20(6-4-18)26(28)34/h3-10,12,15-16,29H,11,13-14,17H2,1-2H3,(H2,28,34). The Kier molecular flexibility index (Phi) is 5.96. The van der Waals surface area contributed by atoms with Crippen LogP contribution in [0.4, 0.5) is 5.69 Å². The van der Waals surface area contributed by atoms with Crippen molar-refractivity contribution in [3.8, 4) is 11.3 Å². The molecule has 0 atom stereocenters. The third-order valence-corrected chi connectivity index (χ3v) is 6.73. The number of aryl methyl sites for hydroxylation is 1. The van der Waals surface area contributed by atoms with Gasteiger partial charge in [0.25, 0.3) is 0 Å². The molecule has 0 aliphatic carbocycles. The van der Waals surface area contributed by atoms with Gasteiger partial charge >= 0.3 is 0 Å². The molecule has 1 aliphatic heterocycles. The SMILES string of the molecule is CNc1ccc(-c2ccnc3c2cc(CN2CC=C(c4ccc(C(N)=O)cc4)CC2)n3C)[n+]([O-])c1. The molecule has 5 rings (SSSR count). The molecule has 8 nitrogen and oxygen atoms in total. The summed E-state index contributed by atoms with van der Waals surface area (Å²) in [6, 6.07) is 15.3. The van der Waals surface area contributed by atoms with Crippen LogP contribution in [0.3, 0.4) is 0 Å². The van der Waals surface area contributed by atoms with Crippen LogP contribution in [0.2, 0.25) is 0 Å². The van der Waals surface area contributed by atoms with Gasteiger partial charge in [-0.15, -0.1) is 0 Å². The Balaban J connectivity index is 1.37. The average molecular weight is 469 g/mol. The minimum Gasteiger partial charge on any atom is -0.618 e. The summed E-state index contributed by atoms with van der Waals surface area (Å²) in [5.74, 6) is -0.409. The molecule has 4 aromatic rings. The molecule has 0 bridgehead atoms. The third-order valence-electron chi connectivity index (χ3n) is 6.73.